The van der Waals surface area contributed by atoms with Crippen LogP contribution in [0.1, 0.15) is 41.1 Å². The van der Waals surface area contributed by atoms with Gasteiger partial charge in [-0.3, -0.25) is 9.59 Å². The van der Waals surface area contributed by atoms with Crippen molar-refractivity contribution in [1.82, 2.24) is 15.1 Å². The SMILES string of the molecule is CCOC(=O)c1ccn(-c2ccc(NC(=O)CC(C)NC(=O)c3ccccc3)cc2)n1. The van der Waals surface area contributed by atoms with Crippen LogP contribution in [0.5, 0.6) is 0 Å². The smallest absolute Gasteiger partial charge is 0.358 e. The number of benzene rings is 2. The Hall–Kier alpha value is -3.94. The van der Waals surface area contributed by atoms with E-state index in [4.69, 9.17) is 4.74 Å². The van der Waals surface area contributed by atoms with Crippen LogP contribution in [0.2, 0.25) is 0 Å². The van der Waals surface area contributed by atoms with Crippen molar-refractivity contribution < 1.29 is 19.1 Å². The van der Waals surface area contributed by atoms with Crippen molar-refractivity contribution in [3.63, 3.8) is 0 Å². The van der Waals surface area contributed by atoms with Gasteiger partial charge < -0.3 is 15.4 Å². The lowest BCUT2D eigenvalue weighted by molar-refractivity contribution is -0.116. The Morgan fingerprint density at radius 2 is 1.74 bits per heavy atom. The van der Waals surface area contributed by atoms with Gasteiger partial charge in [-0.05, 0) is 56.3 Å². The molecule has 0 fully saturated rings. The zero-order chi connectivity index (χ0) is 22.2. The van der Waals surface area contributed by atoms with E-state index < -0.39 is 5.97 Å². The van der Waals surface area contributed by atoms with Gasteiger partial charge in [0.15, 0.2) is 5.69 Å². The van der Waals surface area contributed by atoms with Gasteiger partial charge in [0.1, 0.15) is 0 Å². The first kappa shape index (κ1) is 21.8. The molecule has 1 aromatic heterocycles. The van der Waals surface area contributed by atoms with Crippen molar-refractivity contribution in [3.8, 4) is 5.69 Å². The summed E-state index contributed by atoms with van der Waals surface area (Å²) in [7, 11) is 0. The van der Waals surface area contributed by atoms with E-state index in [0.29, 0.717) is 11.3 Å². The van der Waals surface area contributed by atoms with Crippen LogP contribution < -0.4 is 10.6 Å². The zero-order valence-electron chi connectivity index (χ0n) is 17.4. The van der Waals surface area contributed by atoms with Crippen LogP contribution in [0.25, 0.3) is 5.69 Å². The maximum absolute atomic E-state index is 12.3. The molecule has 0 saturated carbocycles. The lowest BCUT2D eigenvalue weighted by Crippen LogP contribution is -2.35. The minimum Gasteiger partial charge on any atom is -0.461 e. The molecule has 0 saturated heterocycles. The fraction of sp³-hybridized carbons (Fsp3) is 0.217. The summed E-state index contributed by atoms with van der Waals surface area (Å²) in [5, 5.41) is 9.82. The Kier molecular flexibility index (Phi) is 7.16. The molecule has 160 valence electrons. The summed E-state index contributed by atoms with van der Waals surface area (Å²) in [5.41, 5.74) is 2.13. The second-order valence-corrected chi connectivity index (χ2v) is 6.91. The minimum absolute atomic E-state index is 0.141. The van der Waals surface area contributed by atoms with Crippen LogP contribution in [-0.2, 0) is 9.53 Å². The molecule has 31 heavy (non-hydrogen) atoms. The van der Waals surface area contributed by atoms with Crippen LogP contribution in [0.15, 0.2) is 66.9 Å². The van der Waals surface area contributed by atoms with Gasteiger partial charge in [-0.1, -0.05) is 18.2 Å². The number of ether oxygens (including phenoxy) is 1. The van der Waals surface area contributed by atoms with E-state index >= 15 is 0 Å². The van der Waals surface area contributed by atoms with E-state index in [2.05, 4.69) is 15.7 Å². The number of hydrogen-bond donors (Lipinski definition) is 2. The number of nitrogens with zero attached hydrogens (tertiary/aromatic N) is 2. The molecular weight excluding hydrogens is 396 g/mol. The number of esters is 1. The van der Waals surface area contributed by atoms with E-state index in [1.165, 1.54) is 0 Å². The summed E-state index contributed by atoms with van der Waals surface area (Å²) in [5.74, 6) is -0.900. The quantitative estimate of drug-likeness (QED) is 0.545. The largest absolute Gasteiger partial charge is 0.461 e. The van der Waals surface area contributed by atoms with Crippen LogP contribution in [0.4, 0.5) is 5.69 Å². The summed E-state index contributed by atoms with van der Waals surface area (Å²) in [6.07, 6.45) is 1.80. The van der Waals surface area contributed by atoms with E-state index in [9.17, 15) is 14.4 Å². The highest BCUT2D eigenvalue weighted by Crippen LogP contribution is 2.14. The van der Waals surface area contributed by atoms with Gasteiger partial charge in [0, 0.05) is 29.9 Å². The summed E-state index contributed by atoms with van der Waals surface area (Å²) < 4.78 is 6.49. The maximum Gasteiger partial charge on any atom is 0.358 e. The molecule has 1 unspecified atom stereocenters. The Labute approximate surface area is 180 Å². The van der Waals surface area contributed by atoms with Crippen molar-refractivity contribution in [1.29, 1.82) is 0 Å². The molecule has 1 heterocycles. The number of rotatable bonds is 8. The van der Waals surface area contributed by atoms with Crippen molar-refractivity contribution in [2.45, 2.75) is 26.3 Å². The van der Waals surface area contributed by atoms with Gasteiger partial charge in [-0.2, -0.15) is 5.10 Å². The lowest BCUT2D eigenvalue weighted by Gasteiger charge is -2.14. The number of anilines is 1. The van der Waals surface area contributed by atoms with Gasteiger partial charge in [0.2, 0.25) is 5.91 Å². The molecule has 0 aliphatic rings. The molecule has 0 spiro atoms. The monoisotopic (exact) mass is 420 g/mol. The minimum atomic E-state index is -0.474. The molecule has 0 radical (unpaired) electrons. The molecule has 2 aromatic carbocycles. The molecule has 3 aromatic rings. The molecule has 8 heteroatoms. The van der Waals surface area contributed by atoms with Gasteiger partial charge >= 0.3 is 5.97 Å². The van der Waals surface area contributed by atoms with Gasteiger partial charge in [-0.15, -0.1) is 0 Å². The molecular formula is C23H24N4O4. The van der Waals surface area contributed by atoms with E-state index in [-0.39, 0.29) is 36.6 Å². The summed E-state index contributed by atoms with van der Waals surface area (Å²) in [6, 6.07) is 17.2. The number of carbonyl (C=O) groups is 3. The molecule has 8 nitrogen and oxygen atoms in total. The third-order valence-corrected chi connectivity index (χ3v) is 4.39. The van der Waals surface area contributed by atoms with E-state index in [0.717, 1.165) is 5.69 Å². The molecule has 0 aliphatic carbocycles. The first-order valence-electron chi connectivity index (χ1n) is 9.95. The van der Waals surface area contributed by atoms with Crippen molar-refractivity contribution in [3.05, 3.63) is 78.1 Å². The summed E-state index contributed by atoms with van der Waals surface area (Å²) in [4.78, 5) is 36.2. The van der Waals surface area contributed by atoms with Gasteiger partial charge in [-0.25, -0.2) is 9.48 Å². The number of hydrogen-bond acceptors (Lipinski definition) is 5. The molecule has 2 amide bonds. The Morgan fingerprint density at radius 3 is 2.42 bits per heavy atom. The summed E-state index contributed by atoms with van der Waals surface area (Å²) >= 11 is 0. The van der Waals surface area contributed by atoms with E-state index in [1.54, 1.807) is 79.3 Å². The molecule has 1 atom stereocenters. The standard InChI is InChI=1S/C23H24N4O4/c1-3-31-23(30)20-13-14-27(26-20)19-11-9-18(10-12-19)25-21(28)15-16(2)24-22(29)17-7-5-4-6-8-17/h4-14,16H,3,15H2,1-2H3,(H,24,29)(H,25,28). The lowest BCUT2D eigenvalue weighted by atomic mass is 10.1. The number of nitrogens with one attached hydrogen (secondary N) is 2. The van der Waals surface area contributed by atoms with Crippen molar-refractivity contribution in [2.75, 3.05) is 11.9 Å². The molecule has 2 N–H and O–H groups in total. The normalized spacial score (nSPS) is 11.4. The Bertz CT molecular complexity index is 1040. The predicted octanol–water partition coefficient (Wildman–Crippen LogP) is 3.20. The maximum atomic E-state index is 12.3. The second-order valence-electron chi connectivity index (χ2n) is 6.91. The summed E-state index contributed by atoms with van der Waals surface area (Å²) in [6.45, 7) is 3.80. The van der Waals surface area contributed by atoms with Gasteiger partial charge in [0.25, 0.3) is 5.91 Å². The average Bonchev–Trinajstić information content (AvgIpc) is 3.25. The molecule has 0 aliphatic heterocycles. The van der Waals surface area contributed by atoms with Gasteiger partial charge in [0.05, 0.1) is 12.3 Å². The number of aromatic nitrogens is 2. The predicted molar refractivity (Wildman–Crippen MR) is 116 cm³/mol. The average molecular weight is 420 g/mol. The zero-order valence-corrected chi connectivity index (χ0v) is 17.4. The fourth-order valence-electron chi connectivity index (χ4n) is 2.92. The third kappa shape index (κ3) is 6.02. The number of carbonyl (C=O) groups excluding carboxylic acids is 3. The third-order valence-electron chi connectivity index (χ3n) is 4.39. The first-order chi connectivity index (χ1) is 15.0. The molecule has 3 rings (SSSR count). The van der Waals surface area contributed by atoms with Crippen molar-refractivity contribution >= 4 is 23.5 Å². The second kappa shape index (κ2) is 10.2. The molecule has 0 bridgehead atoms. The Morgan fingerprint density at radius 1 is 1.03 bits per heavy atom. The van der Waals surface area contributed by atoms with Crippen LogP contribution in [0, 0.1) is 0 Å². The highest BCUT2D eigenvalue weighted by Gasteiger charge is 2.14. The Balaban J connectivity index is 1.53. The van der Waals surface area contributed by atoms with Crippen LogP contribution in [0.3, 0.4) is 0 Å². The highest BCUT2D eigenvalue weighted by atomic mass is 16.5. The first-order valence-corrected chi connectivity index (χ1v) is 9.95. The number of amides is 2. The van der Waals surface area contributed by atoms with Crippen molar-refractivity contribution in [2.24, 2.45) is 0 Å². The highest BCUT2D eigenvalue weighted by molar-refractivity contribution is 5.95. The van der Waals surface area contributed by atoms with Crippen LogP contribution >= 0.6 is 0 Å². The topological polar surface area (TPSA) is 102 Å². The van der Waals surface area contributed by atoms with E-state index in [1.807, 2.05) is 6.07 Å². The van der Waals surface area contributed by atoms with Crippen LogP contribution in [-0.4, -0.2) is 40.2 Å². The fourth-order valence-corrected chi connectivity index (χ4v) is 2.92.